The lowest BCUT2D eigenvalue weighted by atomic mass is 10.1. The lowest BCUT2D eigenvalue weighted by Crippen LogP contribution is -2.28. The molecule has 154 valence electrons. The van der Waals surface area contributed by atoms with Gasteiger partial charge in [-0.05, 0) is 31.2 Å². The predicted octanol–water partition coefficient (Wildman–Crippen LogP) is 3.51. The van der Waals surface area contributed by atoms with Crippen molar-refractivity contribution in [3.05, 3.63) is 51.5 Å². The molecule has 10 heteroatoms. The van der Waals surface area contributed by atoms with Crippen LogP contribution in [-0.4, -0.2) is 35.4 Å². The number of ether oxygens (including phenoxy) is 1. The highest BCUT2D eigenvalue weighted by molar-refractivity contribution is 7.18. The predicted molar refractivity (Wildman–Crippen MR) is 113 cm³/mol. The number of carbonyl (C=O) groups is 2. The van der Waals surface area contributed by atoms with E-state index in [0.717, 1.165) is 15.2 Å². The van der Waals surface area contributed by atoms with Crippen molar-refractivity contribution in [2.75, 3.05) is 23.9 Å². The van der Waals surface area contributed by atoms with Gasteiger partial charge in [0.15, 0.2) is 0 Å². The maximum absolute atomic E-state index is 12.7. The number of fused-ring (bicyclic) bond motifs is 1. The molecule has 0 radical (unpaired) electrons. The van der Waals surface area contributed by atoms with Gasteiger partial charge in [-0.15, -0.1) is 11.3 Å². The van der Waals surface area contributed by atoms with Crippen molar-refractivity contribution in [3.8, 4) is 5.75 Å². The second-order valence-electron chi connectivity index (χ2n) is 6.92. The Morgan fingerprint density at radius 3 is 2.87 bits per heavy atom. The van der Waals surface area contributed by atoms with Crippen molar-refractivity contribution >= 4 is 50.4 Å². The van der Waals surface area contributed by atoms with E-state index in [-0.39, 0.29) is 36.2 Å². The molecule has 0 saturated carbocycles. The fourth-order valence-electron chi connectivity index (χ4n) is 3.46. The summed E-state index contributed by atoms with van der Waals surface area (Å²) in [4.78, 5) is 41.7. The molecule has 1 atom stereocenters. The SMILES string of the molecule is COc1cc([N+](=O)[O-])ccc1NC(=O)C1CC(=O)N(c2ccc3sc(C)nc3c2)C1. The smallest absolute Gasteiger partial charge is 0.273 e. The van der Waals surface area contributed by atoms with Gasteiger partial charge in [0.2, 0.25) is 11.8 Å². The van der Waals surface area contributed by atoms with Crippen molar-refractivity contribution in [1.82, 2.24) is 4.98 Å². The van der Waals surface area contributed by atoms with Crippen LogP contribution in [0.15, 0.2) is 36.4 Å². The summed E-state index contributed by atoms with van der Waals surface area (Å²) in [7, 11) is 1.37. The number of nitro benzene ring substituents is 1. The summed E-state index contributed by atoms with van der Waals surface area (Å²) in [6.45, 7) is 2.17. The highest BCUT2D eigenvalue weighted by atomic mass is 32.1. The van der Waals surface area contributed by atoms with Crippen LogP contribution in [0.5, 0.6) is 5.75 Å². The van der Waals surface area contributed by atoms with E-state index < -0.39 is 10.8 Å². The molecule has 1 fully saturated rings. The summed E-state index contributed by atoms with van der Waals surface area (Å²) in [6, 6.07) is 9.59. The first-order valence-corrected chi connectivity index (χ1v) is 9.98. The molecule has 2 aromatic carbocycles. The highest BCUT2D eigenvalue weighted by Gasteiger charge is 2.35. The zero-order chi connectivity index (χ0) is 21.4. The van der Waals surface area contributed by atoms with Crippen molar-refractivity contribution in [2.45, 2.75) is 13.3 Å². The Bertz CT molecular complexity index is 1180. The maximum atomic E-state index is 12.7. The molecule has 0 spiro atoms. The van der Waals surface area contributed by atoms with Gasteiger partial charge in [-0.25, -0.2) is 4.98 Å². The summed E-state index contributed by atoms with van der Waals surface area (Å²) < 4.78 is 6.20. The fourth-order valence-corrected chi connectivity index (χ4v) is 4.27. The minimum absolute atomic E-state index is 0.0786. The average Bonchev–Trinajstić information content (AvgIpc) is 3.29. The molecule has 1 aromatic heterocycles. The quantitative estimate of drug-likeness (QED) is 0.493. The summed E-state index contributed by atoms with van der Waals surface area (Å²) in [5, 5.41) is 14.6. The third-order valence-corrected chi connectivity index (χ3v) is 5.89. The van der Waals surface area contributed by atoms with E-state index in [1.54, 1.807) is 16.2 Å². The minimum atomic E-state index is -0.551. The molecular weight excluding hydrogens is 408 g/mol. The second kappa shape index (κ2) is 7.71. The van der Waals surface area contributed by atoms with Gasteiger partial charge >= 0.3 is 0 Å². The molecule has 0 aliphatic carbocycles. The number of hydrogen-bond acceptors (Lipinski definition) is 7. The number of nitrogens with zero attached hydrogens (tertiary/aromatic N) is 3. The fraction of sp³-hybridized carbons (Fsp3) is 0.250. The second-order valence-corrected chi connectivity index (χ2v) is 8.16. The zero-order valence-corrected chi connectivity index (χ0v) is 17.1. The number of carbonyl (C=O) groups excluding carboxylic acids is 2. The van der Waals surface area contributed by atoms with Crippen LogP contribution in [0, 0.1) is 23.0 Å². The van der Waals surface area contributed by atoms with Crippen LogP contribution < -0.4 is 15.0 Å². The Labute approximate surface area is 175 Å². The average molecular weight is 426 g/mol. The molecule has 4 rings (SSSR count). The van der Waals surface area contributed by atoms with Crippen LogP contribution in [0.3, 0.4) is 0 Å². The first-order valence-electron chi connectivity index (χ1n) is 9.16. The number of aryl methyl sites for hydroxylation is 1. The molecule has 1 unspecified atom stereocenters. The molecule has 30 heavy (non-hydrogen) atoms. The van der Waals surface area contributed by atoms with Gasteiger partial charge < -0.3 is 15.0 Å². The summed E-state index contributed by atoms with van der Waals surface area (Å²) in [5.74, 6) is -0.853. The first-order chi connectivity index (χ1) is 14.4. The van der Waals surface area contributed by atoms with Crippen molar-refractivity contribution < 1.29 is 19.2 Å². The van der Waals surface area contributed by atoms with E-state index in [4.69, 9.17) is 4.74 Å². The molecule has 3 aromatic rings. The first kappa shape index (κ1) is 19.8. The third-order valence-electron chi connectivity index (χ3n) is 4.94. The Morgan fingerprint density at radius 1 is 1.33 bits per heavy atom. The number of thiazole rings is 1. The Morgan fingerprint density at radius 2 is 2.13 bits per heavy atom. The van der Waals surface area contributed by atoms with E-state index in [9.17, 15) is 19.7 Å². The normalized spacial score (nSPS) is 16.1. The number of anilines is 2. The number of nitro groups is 1. The number of amides is 2. The molecule has 2 amide bonds. The van der Waals surface area contributed by atoms with Crippen LogP contribution in [0.1, 0.15) is 11.4 Å². The van der Waals surface area contributed by atoms with Crippen LogP contribution in [-0.2, 0) is 9.59 Å². The molecule has 1 aliphatic rings. The number of hydrogen-bond donors (Lipinski definition) is 1. The van der Waals surface area contributed by atoms with E-state index in [0.29, 0.717) is 11.4 Å². The molecule has 1 aliphatic heterocycles. The van der Waals surface area contributed by atoms with Gasteiger partial charge in [0.1, 0.15) is 5.75 Å². The molecule has 2 heterocycles. The number of non-ortho nitro benzene ring substituents is 1. The lowest BCUT2D eigenvalue weighted by molar-refractivity contribution is -0.384. The largest absolute Gasteiger partial charge is 0.494 e. The Hall–Kier alpha value is -3.53. The molecular formula is C20H18N4O5S. The van der Waals surface area contributed by atoms with E-state index in [1.807, 2.05) is 25.1 Å². The van der Waals surface area contributed by atoms with Crippen LogP contribution >= 0.6 is 11.3 Å². The van der Waals surface area contributed by atoms with Gasteiger partial charge in [-0.2, -0.15) is 0 Å². The van der Waals surface area contributed by atoms with E-state index in [1.165, 1.54) is 25.3 Å². The minimum Gasteiger partial charge on any atom is -0.494 e. The molecule has 1 N–H and O–H groups in total. The number of rotatable bonds is 5. The summed E-state index contributed by atoms with van der Waals surface area (Å²) in [6.07, 6.45) is 0.0786. The topological polar surface area (TPSA) is 115 Å². The van der Waals surface area contributed by atoms with Gasteiger partial charge in [0, 0.05) is 24.7 Å². The van der Waals surface area contributed by atoms with Gasteiger partial charge in [-0.1, -0.05) is 0 Å². The van der Waals surface area contributed by atoms with E-state index in [2.05, 4.69) is 10.3 Å². The van der Waals surface area contributed by atoms with Crippen LogP contribution in [0.25, 0.3) is 10.2 Å². The number of benzene rings is 2. The summed E-state index contributed by atoms with van der Waals surface area (Å²) >= 11 is 1.58. The maximum Gasteiger partial charge on any atom is 0.273 e. The van der Waals surface area contributed by atoms with E-state index >= 15 is 0 Å². The highest BCUT2D eigenvalue weighted by Crippen LogP contribution is 2.32. The lowest BCUT2D eigenvalue weighted by Gasteiger charge is -2.17. The van der Waals surface area contributed by atoms with Crippen molar-refractivity contribution in [3.63, 3.8) is 0 Å². The van der Waals surface area contributed by atoms with Crippen molar-refractivity contribution in [1.29, 1.82) is 0 Å². The number of aromatic nitrogens is 1. The van der Waals surface area contributed by atoms with Gasteiger partial charge in [0.05, 0.1) is 44.9 Å². The van der Waals surface area contributed by atoms with Crippen LogP contribution in [0.2, 0.25) is 0 Å². The standard InChI is InChI=1S/C20H18N4O5S/c1-11-21-16-8-13(4-6-18(16)30-11)23-10-12(7-19(23)25)20(26)22-15-5-3-14(24(27)28)9-17(15)29-2/h3-6,8-9,12H,7,10H2,1-2H3,(H,22,26). The zero-order valence-electron chi connectivity index (χ0n) is 16.2. The Kier molecular flexibility index (Phi) is 5.08. The van der Waals surface area contributed by atoms with Gasteiger partial charge in [-0.3, -0.25) is 19.7 Å². The summed E-state index contributed by atoms with van der Waals surface area (Å²) in [5.41, 5.74) is 1.71. The number of nitrogens with one attached hydrogen (secondary N) is 1. The third kappa shape index (κ3) is 3.69. The van der Waals surface area contributed by atoms with Gasteiger partial charge in [0.25, 0.3) is 5.69 Å². The number of methoxy groups -OCH3 is 1. The molecule has 0 bridgehead atoms. The molecule has 9 nitrogen and oxygen atoms in total. The van der Waals surface area contributed by atoms with Crippen LogP contribution in [0.4, 0.5) is 17.1 Å². The Balaban J connectivity index is 1.50. The monoisotopic (exact) mass is 426 g/mol. The molecule has 1 saturated heterocycles. The van der Waals surface area contributed by atoms with Crippen molar-refractivity contribution in [2.24, 2.45) is 5.92 Å².